The lowest BCUT2D eigenvalue weighted by atomic mass is 10.1. The van der Waals surface area contributed by atoms with E-state index in [1.165, 1.54) is 0 Å². The second kappa shape index (κ2) is 3.36. The summed E-state index contributed by atoms with van der Waals surface area (Å²) in [6.07, 6.45) is 1.71. The molecule has 0 aliphatic carbocycles. The Balaban J connectivity index is 2.98. The van der Waals surface area contributed by atoms with Gasteiger partial charge >= 0.3 is 5.97 Å². The van der Waals surface area contributed by atoms with E-state index in [9.17, 15) is 4.79 Å². The Morgan fingerprint density at radius 2 is 2.58 bits per heavy atom. The van der Waals surface area contributed by atoms with Crippen molar-refractivity contribution >= 4 is 5.97 Å². The molecule has 0 aromatic carbocycles. The first-order valence-electron chi connectivity index (χ1n) is 3.59. The number of carboxylic acids is 1. The van der Waals surface area contributed by atoms with Crippen molar-refractivity contribution in [2.75, 3.05) is 0 Å². The quantitative estimate of drug-likeness (QED) is 0.699. The van der Waals surface area contributed by atoms with Gasteiger partial charge in [0, 0.05) is 0 Å². The summed E-state index contributed by atoms with van der Waals surface area (Å²) in [6, 6.07) is -0.390. The molecule has 3 N–H and O–H groups in total. The Hall–Kier alpha value is -1.36. The molecular weight excluding hydrogens is 160 g/mol. The smallest absolute Gasteiger partial charge is 0.358 e. The molecule has 5 heteroatoms. The average molecular weight is 170 g/mol. The second-order valence-electron chi connectivity index (χ2n) is 2.39. The molecule has 1 rings (SSSR count). The van der Waals surface area contributed by atoms with Gasteiger partial charge in [-0.3, -0.25) is 0 Å². The van der Waals surface area contributed by atoms with Crippen molar-refractivity contribution in [1.82, 2.24) is 4.98 Å². The van der Waals surface area contributed by atoms with Crippen LogP contribution in [0.3, 0.4) is 0 Å². The third-order valence-corrected chi connectivity index (χ3v) is 1.57. The van der Waals surface area contributed by atoms with Gasteiger partial charge in [0.1, 0.15) is 0 Å². The summed E-state index contributed by atoms with van der Waals surface area (Å²) in [5.41, 5.74) is 5.49. The summed E-state index contributed by atoms with van der Waals surface area (Å²) in [5, 5.41) is 8.62. The van der Waals surface area contributed by atoms with E-state index in [0.717, 1.165) is 6.39 Å². The molecular formula is C7H10N2O3. The molecule has 0 saturated heterocycles. The van der Waals surface area contributed by atoms with Crippen LogP contribution in [0.1, 0.15) is 35.6 Å². The maximum Gasteiger partial charge on any atom is 0.358 e. The molecule has 0 saturated carbocycles. The maximum atomic E-state index is 10.5. The highest BCUT2D eigenvalue weighted by Crippen LogP contribution is 2.17. The molecule has 1 aromatic rings. The van der Waals surface area contributed by atoms with Crippen molar-refractivity contribution in [3.63, 3.8) is 0 Å². The van der Waals surface area contributed by atoms with Crippen molar-refractivity contribution in [1.29, 1.82) is 0 Å². The zero-order valence-corrected chi connectivity index (χ0v) is 6.65. The van der Waals surface area contributed by atoms with E-state index in [2.05, 4.69) is 4.98 Å². The van der Waals surface area contributed by atoms with Gasteiger partial charge in [-0.25, -0.2) is 9.78 Å². The molecule has 0 aliphatic rings. The number of hydrogen-bond donors (Lipinski definition) is 2. The molecule has 0 fully saturated rings. The third-order valence-electron chi connectivity index (χ3n) is 1.57. The molecule has 0 radical (unpaired) electrons. The fourth-order valence-corrected chi connectivity index (χ4v) is 0.864. The Kier molecular flexibility index (Phi) is 2.44. The van der Waals surface area contributed by atoms with Gasteiger partial charge in [0.25, 0.3) is 0 Å². The van der Waals surface area contributed by atoms with Crippen LogP contribution >= 0.6 is 0 Å². The number of nitrogens with zero attached hydrogens (tertiary/aromatic N) is 1. The Morgan fingerprint density at radius 1 is 1.92 bits per heavy atom. The van der Waals surface area contributed by atoms with Crippen molar-refractivity contribution < 1.29 is 14.3 Å². The Morgan fingerprint density at radius 3 is 3.08 bits per heavy atom. The van der Waals surface area contributed by atoms with Gasteiger partial charge in [0.05, 0.1) is 6.04 Å². The summed E-state index contributed by atoms with van der Waals surface area (Å²) in [4.78, 5) is 14.1. The van der Waals surface area contributed by atoms with Crippen molar-refractivity contribution in [3.05, 3.63) is 17.8 Å². The van der Waals surface area contributed by atoms with E-state index in [4.69, 9.17) is 15.3 Å². The molecule has 66 valence electrons. The van der Waals surface area contributed by atoms with Crippen LogP contribution in [0.15, 0.2) is 10.8 Å². The van der Waals surface area contributed by atoms with Crippen molar-refractivity contribution in [3.8, 4) is 0 Å². The fraction of sp³-hybridized carbons (Fsp3) is 0.429. The monoisotopic (exact) mass is 170 g/mol. The van der Waals surface area contributed by atoms with Crippen molar-refractivity contribution in [2.45, 2.75) is 19.4 Å². The lowest BCUT2D eigenvalue weighted by molar-refractivity contribution is 0.0688. The van der Waals surface area contributed by atoms with Crippen LogP contribution in [0.4, 0.5) is 0 Å². The number of aromatic carboxylic acids is 1. The molecule has 0 aliphatic heterocycles. The van der Waals surface area contributed by atoms with Crippen LogP contribution < -0.4 is 5.73 Å². The molecule has 12 heavy (non-hydrogen) atoms. The Bertz CT molecular complexity index is 282. The zero-order valence-electron chi connectivity index (χ0n) is 6.65. The number of aromatic nitrogens is 1. The number of carbonyl (C=O) groups is 1. The van der Waals surface area contributed by atoms with E-state index in [0.29, 0.717) is 6.42 Å². The minimum atomic E-state index is -1.11. The highest BCUT2D eigenvalue weighted by Gasteiger charge is 2.19. The predicted molar refractivity (Wildman–Crippen MR) is 40.7 cm³/mol. The first kappa shape index (κ1) is 8.73. The molecule has 1 heterocycles. The van der Waals surface area contributed by atoms with Gasteiger partial charge in [-0.15, -0.1) is 0 Å². The standard InChI is InChI=1S/C7H10N2O3/c1-2-4(8)6-5(7(10)11)9-3-12-6/h3-4H,2,8H2,1H3,(H,10,11)/t4-/m1/s1. The summed E-state index contributed by atoms with van der Waals surface area (Å²) in [7, 11) is 0. The molecule has 0 spiro atoms. The van der Waals surface area contributed by atoms with Gasteiger partial charge in [-0.05, 0) is 6.42 Å². The van der Waals surface area contributed by atoms with Gasteiger partial charge in [-0.2, -0.15) is 0 Å². The number of hydrogen-bond acceptors (Lipinski definition) is 4. The summed E-state index contributed by atoms with van der Waals surface area (Å²) < 4.78 is 4.86. The fourth-order valence-electron chi connectivity index (χ4n) is 0.864. The summed E-state index contributed by atoms with van der Waals surface area (Å²) in [6.45, 7) is 1.85. The first-order chi connectivity index (χ1) is 5.66. The van der Waals surface area contributed by atoms with Crippen LogP contribution in [0.2, 0.25) is 0 Å². The van der Waals surface area contributed by atoms with E-state index in [1.807, 2.05) is 6.92 Å². The van der Waals surface area contributed by atoms with Gasteiger partial charge in [0.15, 0.2) is 17.8 Å². The van der Waals surface area contributed by atoms with Crippen LogP contribution in [-0.2, 0) is 0 Å². The van der Waals surface area contributed by atoms with Crippen LogP contribution in [0.25, 0.3) is 0 Å². The molecule has 5 nitrogen and oxygen atoms in total. The van der Waals surface area contributed by atoms with Crippen LogP contribution in [0.5, 0.6) is 0 Å². The van der Waals surface area contributed by atoms with E-state index >= 15 is 0 Å². The first-order valence-corrected chi connectivity index (χ1v) is 3.59. The molecule has 0 unspecified atom stereocenters. The third kappa shape index (κ3) is 1.45. The number of nitrogens with two attached hydrogens (primary N) is 1. The van der Waals surface area contributed by atoms with Gasteiger partial charge in [-0.1, -0.05) is 6.92 Å². The molecule has 1 aromatic heterocycles. The topological polar surface area (TPSA) is 89.4 Å². The van der Waals surface area contributed by atoms with Gasteiger partial charge < -0.3 is 15.3 Å². The molecule has 0 amide bonds. The number of oxazole rings is 1. The SMILES string of the molecule is CC[C@@H](N)c1ocnc1C(=O)O. The normalized spacial score (nSPS) is 12.8. The Labute approximate surface area is 69.2 Å². The lowest BCUT2D eigenvalue weighted by Gasteiger charge is -2.03. The zero-order chi connectivity index (χ0) is 9.14. The predicted octanol–water partition coefficient (Wildman–Crippen LogP) is 0.783. The van der Waals surface area contributed by atoms with E-state index in [1.54, 1.807) is 0 Å². The van der Waals surface area contributed by atoms with Crippen molar-refractivity contribution in [2.24, 2.45) is 5.73 Å². The maximum absolute atomic E-state index is 10.5. The second-order valence-corrected chi connectivity index (χ2v) is 2.39. The molecule has 0 bridgehead atoms. The minimum Gasteiger partial charge on any atom is -0.476 e. The largest absolute Gasteiger partial charge is 0.476 e. The summed E-state index contributed by atoms with van der Waals surface area (Å²) in [5.74, 6) is -0.868. The lowest BCUT2D eigenvalue weighted by Crippen LogP contribution is -2.12. The minimum absolute atomic E-state index is 0.0932. The highest BCUT2D eigenvalue weighted by atomic mass is 16.4. The van der Waals surface area contributed by atoms with Gasteiger partial charge in [0.2, 0.25) is 0 Å². The van der Waals surface area contributed by atoms with E-state index < -0.39 is 12.0 Å². The van der Waals surface area contributed by atoms with Crippen LogP contribution in [0, 0.1) is 0 Å². The summed E-state index contributed by atoms with van der Waals surface area (Å²) >= 11 is 0. The highest BCUT2D eigenvalue weighted by molar-refractivity contribution is 5.86. The average Bonchev–Trinajstić information content (AvgIpc) is 2.50. The molecule has 1 atom stereocenters. The van der Waals surface area contributed by atoms with Crippen LogP contribution in [-0.4, -0.2) is 16.1 Å². The number of carboxylic acid groups (broad SMARTS) is 1. The number of rotatable bonds is 3. The van der Waals surface area contributed by atoms with E-state index in [-0.39, 0.29) is 11.5 Å².